The average Bonchev–Trinajstić information content (AvgIpc) is 3.04. The Morgan fingerprint density at radius 2 is 2.35 bits per heavy atom. The maximum atomic E-state index is 5.81. The van der Waals surface area contributed by atoms with Crippen LogP contribution >= 0.6 is 0 Å². The van der Waals surface area contributed by atoms with E-state index in [4.69, 9.17) is 9.26 Å². The minimum Gasteiger partial charge on any atom is -0.374 e. The van der Waals surface area contributed by atoms with Crippen LogP contribution in [-0.2, 0) is 11.3 Å². The van der Waals surface area contributed by atoms with Gasteiger partial charge in [0.25, 0.3) is 0 Å². The van der Waals surface area contributed by atoms with Gasteiger partial charge in [-0.25, -0.2) is 0 Å². The number of nitrogens with zero attached hydrogens (tertiary/aromatic N) is 2. The van der Waals surface area contributed by atoms with Gasteiger partial charge in [-0.05, 0) is 32.2 Å². The summed E-state index contributed by atoms with van der Waals surface area (Å²) in [5.74, 6) is 1.89. The highest BCUT2D eigenvalue weighted by molar-refractivity contribution is 5.06. The van der Waals surface area contributed by atoms with Crippen LogP contribution in [0.3, 0.4) is 0 Å². The van der Waals surface area contributed by atoms with Crippen molar-refractivity contribution in [1.82, 2.24) is 15.5 Å². The standard InChI is InChI=1S/C12H19N3O2/c1-2-5-13-7-11-14-12(15-17-11)9-6-8-3-4-10(9)16-8/h8-10,13H,2-7H2,1H3. The van der Waals surface area contributed by atoms with Gasteiger partial charge >= 0.3 is 0 Å². The first kappa shape index (κ1) is 11.2. The van der Waals surface area contributed by atoms with Crippen LogP contribution in [-0.4, -0.2) is 28.9 Å². The molecule has 2 bridgehead atoms. The van der Waals surface area contributed by atoms with Crippen LogP contribution in [0, 0.1) is 0 Å². The van der Waals surface area contributed by atoms with E-state index in [-0.39, 0.29) is 0 Å². The molecule has 2 aliphatic rings. The summed E-state index contributed by atoms with van der Waals surface area (Å²) in [6, 6.07) is 0. The molecule has 94 valence electrons. The van der Waals surface area contributed by atoms with Crippen molar-refractivity contribution in [3.63, 3.8) is 0 Å². The molecule has 1 N–H and O–H groups in total. The van der Waals surface area contributed by atoms with Crippen molar-refractivity contribution < 1.29 is 9.26 Å². The SMILES string of the molecule is CCCNCc1nc(C2CC3CCC2O3)no1. The second-order valence-electron chi connectivity index (χ2n) is 4.94. The molecule has 5 heteroatoms. The lowest BCUT2D eigenvalue weighted by atomic mass is 9.89. The Balaban J connectivity index is 1.60. The van der Waals surface area contributed by atoms with Gasteiger partial charge in [0.15, 0.2) is 5.82 Å². The monoisotopic (exact) mass is 237 g/mol. The molecule has 3 atom stereocenters. The fourth-order valence-electron chi connectivity index (χ4n) is 2.77. The lowest BCUT2D eigenvalue weighted by Crippen LogP contribution is -2.16. The topological polar surface area (TPSA) is 60.2 Å². The van der Waals surface area contributed by atoms with Gasteiger partial charge in [0.05, 0.1) is 24.7 Å². The van der Waals surface area contributed by atoms with Crippen molar-refractivity contribution in [2.45, 2.75) is 57.3 Å². The highest BCUT2D eigenvalue weighted by atomic mass is 16.5. The van der Waals surface area contributed by atoms with Gasteiger partial charge in [-0.1, -0.05) is 12.1 Å². The van der Waals surface area contributed by atoms with E-state index in [2.05, 4.69) is 22.4 Å². The molecule has 2 fully saturated rings. The van der Waals surface area contributed by atoms with Crippen LogP contribution in [0.5, 0.6) is 0 Å². The van der Waals surface area contributed by atoms with Crippen LogP contribution in [0.4, 0.5) is 0 Å². The lowest BCUT2D eigenvalue weighted by molar-refractivity contribution is 0.0996. The molecule has 0 aromatic carbocycles. The number of fused-ring (bicyclic) bond motifs is 2. The quantitative estimate of drug-likeness (QED) is 0.788. The summed E-state index contributed by atoms with van der Waals surface area (Å²) >= 11 is 0. The molecule has 0 saturated carbocycles. The van der Waals surface area contributed by atoms with E-state index in [1.807, 2.05) is 0 Å². The maximum Gasteiger partial charge on any atom is 0.240 e. The molecule has 2 aliphatic heterocycles. The molecule has 0 amide bonds. The van der Waals surface area contributed by atoms with Crippen LogP contribution in [0.2, 0.25) is 0 Å². The Morgan fingerprint density at radius 3 is 3.06 bits per heavy atom. The number of ether oxygens (including phenoxy) is 1. The molecule has 0 radical (unpaired) electrons. The van der Waals surface area contributed by atoms with E-state index in [0.717, 1.165) is 31.6 Å². The number of rotatable bonds is 5. The van der Waals surface area contributed by atoms with Crippen LogP contribution in [0.1, 0.15) is 50.2 Å². The van der Waals surface area contributed by atoms with Gasteiger partial charge < -0.3 is 14.6 Å². The lowest BCUT2D eigenvalue weighted by Gasteiger charge is -2.13. The first-order valence-electron chi connectivity index (χ1n) is 6.55. The molecular formula is C12H19N3O2. The fourth-order valence-corrected chi connectivity index (χ4v) is 2.77. The molecule has 3 heterocycles. The summed E-state index contributed by atoms with van der Waals surface area (Å²) in [6.07, 6.45) is 5.28. The Hall–Kier alpha value is -0.940. The Morgan fingerprint density at radius 1 is 1.41 bits per heavy atom. The Labute approximate surface area is 101 Å². The van der Waals surface area contributed by atoms with Gasteiger partial charge in [0.1, 0.15) is 0 Å². The number of hydrogen-bond donors (Lipinski definition) is 1. The van der Waals surface area contributed by atoms with Crippen molar-refractivity contribution in [2.24, 2.45) is 0 Å². The zero-order chi connectivity index (χ0) is 11.7. The molecule has 1 aromatic rings. The predicted octanol–water partition coefficient (Wildman–Crippen LogP) is 1.60. The minimum atomic E-state index is 0.328. The van der Waals surface area contributed by atoms with E-state index in [0.29, 0.717) is 30.6 Å². The average molecular weight is 237 g/mol. The molecule has 1 aromatic heterocycles. The number of hydrogen-bond acceptors (Lipinski definition) is 5. The van der Waals surface area contributed by atoms with Gasteiger partial charge in [0.2, 0.25) is 5.89 Å². The highest BCUT2D eigenvalue weighted by Crippen LogP contribution is 2.43. The van der Waals surface area contributed by atoms with Crippen molar-refractivity contribution in [1.29, 1.82) is 0 Å². The number of nitrogens with one attached hydrogen (secondary N) is 1. The van der Waals surface area contributed by atoms with Crippen molar-refractivity contribution in [3.8, 4) is 0 Å². The third-order valence-electron chi connectivity index (χ3n) is 3.62. The largest absolute Gasteiger partial charge is 0.374 e. The summed E-state index contributed by atoms with van der Waals surface area (Å²) in [4.78, 5) is 4.46. The Bertz CT molecular complexity index is 380. The number of aromatic nitrogens is 2. The minimum absolute atomic E-state index is 0.328. The summed E-state index contributed by atoms with van der Waals surface area (Å²) < 4.78 is 11.1. The van der Waals surface area contributed by atoms with E-state index in [1.54, 1.807) is 0 Å². The molecule has 3 unspecified atom stereocenters. The molecule has 5 nitrogen and oxygen atoms in total. The van der Waals surface area contributed by atoms with E-state index in [1.165, 1.54) is 6.42 Å². The maximum absolute atomic E-state index is 5.81. The van der Waals surface area contributed by atoms with Crippen molar-refractivity contribution in [2.75, 3.05) is 6.54 Å². The normalized spacial score (nSPS) is 31.2. The van der Waals surface area contributed by atoms with Gasteiger partial charge in [-0.2, -0.15) is 4.98 Å². The van der Waals surface area contributed by atoms with Crippen LogP contribution < -0.4 is 5.32 Å². The molecule has 2 saturated heterocycles. The van der Waals surface area contributed by atoms with E-state index < -0.39 is 0 Å². The van der Waals surface area contributed by atoms with Crippen LogP contribution in [0.15, 0.2) is 4.52 Å². The van der Waals surface area contributed by atoms with Crippen LogP contribution in [0.25, 0.3) is 0 Å². The third kappa shape index (κ3) is 2.21. The molecule has 0 aliphatic carbocycles. The van der Waals surface area contributed by atoms with Gasteiger partial charge in [0, 0.05) is 0 Å². The predicted molar refractivity (Wildman–Crippen MR) is 61.5 cm³/mol. The highest BCUT2D eigenvalue weighted by Gasteiger charge is 2.43. The molecule has 3 rings (SSSR count). The van der Waals surface area contributed by atoms with Gasteiger partial charge in [-0.15, -0.1) is 0 Å². The van der Waals surface area contributed by atoms with Crippen molar-refractivity contribution in [3.05, 3.63) is 11.7 Å². The summed E-state index contributed by atoms with van der Waals surface area (Å²) in [7, 11) is 0. The fraction of sp³-hybridized carbons (Fsp3) is 0.833. The van der Waals surface area contributed by atoms with E-state index in [9.17, 15) is 0 Å². The first-order valence-corrected chi connectivity index (χ1v) is 6.55. The molecule has 0 spiro atoms. The second kappa shape index (κ2) is 4.74. The second-order valence-corrected chi connectivity index (χ2v) is 4.94. The summed E-state index contributed by atoms with van der Waals surface area (Å²) in [5, 5.41) is 7.35. The van der Waals surface area contributed by atoms with Gasteiger partial charge in [-0.3, -0.25) is 0 Å². The Kier molecular flexibility index (Phi) is 3.11. The summed E-state index contributed by atoms with van der Waals surface area (Å²) in [5.41, 5.74) is 0. The first-order chi connectivity index (χ1) is 8.36. The zero-order valence-electron chi connectivity index (χ0n) is 10.2. The third-order valence-corrected chi connectivity index (χ3v) is 3.62. The zero-order valence-corrected chi connectivity index (χ0v) is 10.2. The molecular weight excluding hydrogens is 218 g/mol. The molecule has 17 heavy (non-hydrogen) atoms. The van der Waals surface area contributed by atoms with Crippen molar-refractivity contribution >= 4 is 0 Å². The summed E-state index contributed by atoms with van der Waals surface area (Å²) in [6.45, 7) is 3.79. The van der Waals surface area contributed by atoms with E-state index >= 15 is 0 Å². The smallest absolute Gasteiger partial charge is 0.240 e.